The van der Waals surface area contributed by atoms with Crippen molar-refractivity contribution in [2.75, 3.05) is 42.9 Å². The summed E-state index contributed by atoms with van der Waals surface area (Å²) in [4.78, 5) is 27.0. The number of nitrogens with one attached hydrogen (secondary N) is 1. The van der Waals surface area contributed by atoms with E-state index in [2.05, 4.69) is 31.0 Å². The Hall–Kier alpha value is -2.45. The summed E-state index contributed by atoms with van der Waals surface area (Å²) >= 11 is 3.42. The van der Waals surface area contributed by atoms with Gasteiger partial charge in [-0.25, -0.2) is 0 Å². The van der Waals surface area contributed by atoms with Crippen molar-refractivity contribution >= 4 is 38.9 Å². The van der Waals surface area contributed by atoms with Crippen molar-refractivity contribution in [3.05, 3.63) is 62.6 Å². The van der Waals surface area contributed by atoms with E-state index in [1.165, 1.54) is 12.1 Å². The Kier molecular flexibility index (Phi) is 6.08. The second-order valence-electron chi connectivity index (χ2n) is 6.54. The van der Waals surface area contributed by atoms with Crippen LogP contribution in [0.1, 0.15) is 5.56 Å². The summed E-state index contributed by atoms with van der Waals surface area (Å²) in [5, 5.41) is 13.7. The van der Waals surface area contributed by atoms with Crippen LogP contribution < -0.4 is 10.2 Å². The summed E-state index contributed by atoms with van der Waals surface area (Å²) in [5.74, 6) is -0.0239. The van der Waals surface area contributed by atoms with Crippen molar-refractivity contribution < 1.29 is 9.72 Å². The molecule has 8 heteroatoms. The Balaban J connectivity index is 1.50. The minimum atomic E-state index is -0.395. The van der Waals surface area contributed by atoms with Gasteiger partial charge in [0.1, 0.15) is 0 Å². The molecule has 142 valence electrons. The van der Waals surface area contributed by atoms with Crippen LogP contribution in [0.4, 0.5) is 17.1 Å². The molecule has 0 aliphatic carbocycles. The highest BCUT2D eigenvalue weighted by Crippen LogP contribution is 2.21. The van der Waals surface area contributed by atoms with Gasteiger partial charge in [-0.2, -0.15) is 0 Å². The molecular formula is C19H21BrN4O3. The van der Waals surface area contributed by atoms with E-state index in [1.54, 1.807) is 12.1 Å². The van der Waals surface area contributed by atoms with Crippen LogP contribution in [0.15, 0.2) is 46.9 Å². The first kappa shape index (κ1) is 19.3. The van der Waals surface area contributed by atoms with Gasteiger partial charge in [0, 0.05) is 54.2 Å². The Labute approximate surface area is 166 Å². The van der Waals surface area contributed by atoms with Gasteiger partial charge < -0.3 is 10.2 Å². The number of carbonyl (C=O) groups is 1. The van der Waals surface area contributed by atoms with Crippen LogP contribution in [0.5, 0.6) is 0 Å². The maximum atomic E-state index is 12.3. The van der Waals surface area contributed by atoms with Gasteiger partial charge in [-0.15, -0.1) is 0 Å². The lowest BCUT2D eigenvalue weighted by Gasteiger charge is -2.35. The first-order valence-electron chi connectivity index (χ1n) is 8.70. The average Bonchev–Trinajstić information content (AvgIpc) is 2.65. The number of aryl methyl sites for hydroxylation is 1. The first-order valence-corrected chi connectivity index (χ1v) is 9.49. The number of nitro groups is 1. The van der Waals surface area contributed by atoms with Gasteiger partial charge >= 0.3 is 0 Å². The Morgan fingerprint density at radius 1 is 1.15 bits per heavy atom. The molecule has 1 saturated heterocycles. The largest absolute Gasteiger partial charge is 0.369 e. The van der Waals surface area contributed by atoms with Crippen LogP contribution in [0.25, 0.3) is 0 Å². The molecule has 1 fully saturated rings. The number of nitro benzene ring substituents is 1. The quantitative estimate of drug-likeness (QED) is 0.578. The molecular weight excluding hydrogens is 412 g/mol. The summed E-state index contributed by atoms with van der Waals surface area (Å²) in [6.45, 7) is 5.41. The van der Waals surface area contributed by atoms with Crippen molar-refractivity contribution in [1.82, 2.24) is 4.90 Å². The number of halogens is 1. The van der Waals surface area contributed by atoms with Crippen molar-refractivity contribution in [1.29, 1.82) is 0 Å². The molecule has 1 N–H and O–H groups in total. The molecule has 7 nitrogen and oxygen atoms in total. The number of rotatable bonds is 5. The van der Waals surface area contributed by atoms with Crippen LogP contribution in [0.2, 0.25) is 0 Å². The molecule has 0 spiro atoms. The minimum Gasteiger partial charge on any atom is -0.369 e. The molecule has 0 aromatic heterocycles. The van der Waals surface area contributed by atoms with Crippen molar-refractivity contribution in [2.45, 2.75) is 6.92 Å². The molecule has 0 atom stereocenters. The normalized spacial score (nSPS) is 14.8. The number of nitrogens with zero attached hydrogens (tertiary/aromatic N) is 3. The Morgan fingerprint density at radius 2 is 1.81 bits per heavy atom. The fraction of sp³-hybridized carbons (Fsp3) is 0.316. The van der Waals surface area contributed by atoms with E-state index in [4.69, 9.17) is 0 Å². The third-order valence-corrected chi connectivity index (χ3v) is 5.12. The SMILES string of the molecule is Cc1cc(Br)ccc1NC(=O)CN1CCN(c2ccc([N+](=O)[O-])cc2)CC1. The highest BCUT2D eigenvalue weighted by molar-refractivity contribution is 9.10. The van der Waals surface area contributed by atoms with Gasteiger partial charge in [-0.05, 0) is 42.8 Å². The van der Waals surface area contributed by atoms with Crippen molar-refractivity contribution in [3.8, 4) is 0 Å². The third-order valence-electron chi connectivity index (χ3n) is 4.63. The summed E-state index contributed by atoms with van der Waals surface area (Å²) in [6.07, 6.45) is 0. The number of amides is 1. The second-order valence-corrected chi connectivity index (χ2v) is 7.46. The third kappa shape index (κ3) is 5.05. The van der Waals surface area contributed by atoms with E-state index in [0.717, 1.165) is 47.6 Å². The fourth-order valence-corrected chi connectivity index (χ4v) is 3.59. The zero-order valence-electron chi connectivity index (χ0n) is 15.0. The Morgan fingerprint density at radius 3 is 2.41 bits per heavy atom. The number of anilines is 2. The monoisotopic (exact) mass is 432 g/mol. The summed E-state index contributed by atoms with van der Waals surface area (Å²) in [7, 11) is 0. The summed E-state index contributed by atoms with van der Waals surface area (Å²) in [6, 6.07) is 12.4. The molecule has 2 aromatic carbocycles. The predicted octanol–water partition coefficient (Wildman–Crippen LogP) is 3.43. The predicted molar refractivity (Wildman–Crippen MR) is 109 cm³/mol. The average molecular weight is 433 g/mol. The summed E-state index contributed by atoms with van der Waals surface area (Å²) < 4.78 is 0.986. The topological polar surface area (TPSA) is 78.7 Å². The number of piperazine rings is 1. The maximum absolute atomic E-state index is 12.3. The molecule has 1 heterocycles. The van der Waals surface area contributed by atoms with Gasteiger partial charge in [-0.3, -0.25) is 19.8 Å². The van der Waals surface area contributed by atoms with Crippen molar-refractivity contribution in [3.63, 3.8) is 0 Å². The van der Waals surface area contributed by atoms with Crippen LogP contribution in [0, 0.1) is 17.0 Å². The molecule has 0 unspecified atom stereocenters. The lowest BCUT2D eigenvalue weighted by atomic mass is 10.2. The lowest BCUT2D eigenvalue weighted by Crippen LogP contribution is -2.48. The summed E-state index contributed by atoms with van der Waals surface area (Å²) in [5.41, 5.74) is 2.90. The molecule has 1 amide bonds. The number of hydrogen-bond acceptors (Lipinski definition) is 5. The van der Waals surface area contributed by atoms with Gasteiger partial charge in [0.25, 0.3) is 5.69 Å². The fourth-order valence-electron chi connectivity index (χ4n) is 3.11. The smallest absolute Gasteiger partial charge is 0.269 e. The number of hydrogen-bond donors (Lipinski definition) is 1. The molecule has 0 bridgehead atoms. The van der Waals surface area contributed by atoms with E-state index < -0.39 is 4.92 Å². The molecule has 2 aromatic rings. The zero-order chi connectivity index (χ0) is 19.4. The van der Waals surface area contributed by atoms with E-state index >= 15 is 0 Å². The second kappa shape index (κ2) is 8.49. The van der Waals surface area contributed by atoms with Crippen LogP contribution in [-0.2, 0) is 4.79 Å². The van der Waals surface area contributed by atoms with Gasteiger partial charge in [0.2, 0.25) is 5.91 Å². The number of non-ortho nitro benzene ring substituents is 1. The molecule has 3 rings (SSSR count). The maximum Gasteiger partial charge on any atom is 0.269 e. The molecule has 0 radical (unpaired) electrons. The van der Waals surface area contributed by atoms with E-state index in [1.807, 2.05) is 25.1 Å². The first-order chi connectivity index (χ1) is 12.9. The van der Waals surface area contributed by atoms with E-state index in [0.29, 0.717) is 6.54 Å². The van der Waals surface area contributed by atoms with Gasteiger partial charge in [0.05, 0.1) is 11.5 Å². The number of benzene rings is 2. The minimum absolute atomic E-state index is 0.0239. The van der Waals surface area contributed by atoms with Crippen LogP contribution in [-0.4, -0.2) is 48.5 Å². The van der Waals surface area contributed by atoms with Crippen LogP contribution >= 0.6 is 15.9 Å². The van der Waals surface area contributed by atoms with Gasteiger partial charge in [0.15, 0.2) is 0 Å². The van der Waals surface area contributed by atoms with Gasteiger partial charge in [-0.1, -0.05) is 15.9 Å². The van der Waals surface area contributed by atoms with E-state index in [-0.39, 0.29) is 11.6 Å². The molecule has 0 saturated carbocycles. The standard InChI is InChI=1S/C19H21BrN4O3/c1-14-12-15(20)2-7-18(14)21-19(25)13-22-8-10-23(11-9-22)16-3-5-17(6-4-16)24(26)27/h2-7,12H,8-11,13H2,1H3,(H,21,25). The molecule has 1 aliphatic rings. The zero-order valence-corrected chi connectivity index (χ0v) is 16.6. The lowest BCUT2D eigenvalue weighted by molar-refractivity contribution is -0.384. The Bertz CT molecular complexity index is 833. The highest BCUT2D eigenvalue weighted by Gasteiger charge is 2.20. The van der Waals surface area contributed by atoms with E-state index in [9.17, 15) is 14.9 Å². The molecule has 27 heavy (non-hydrogen) atoms. The van der Waals surface area contributed by atoms with Crippen molar-refractivity contribution in [2.24, 2.45) is 0 Å². The molecule has 1 aliphatic heterocycles. The number of carbonyl (C=O) groups excluding carboxylic acids is 1. The highest BCUT2D eigenvalue weighted by atomic mass is 79.9. The van der Waals surface area contributed by atoms with Crippen LogP contribution in [0.3, 0.4) is 0 Å².